The third-order valence-electron chi connectivity index (χ3n) is 3.92. The van der Waals surface area contributed by atoms with Crippen LogP contribution in [-0.2, 0) is 33.6 Å². The van der Waals surface area contributed by atoms with Gasteiger partial charge in [-0.05, 0) is 33.6 Å². The summed E-state index contributed by atoms with van der Waals surface area (Å²) >= 11 is 3.04. The Hall–Kier alpha value is -0.910. The maximum Gasteiger partial charge on any atom is 0.201 e. The first-order valence-corrected chi connectivity index (χ1v) is 12.9. The molecule has 0 amide bonds. The Morgan fingerprint density at radius 2 is 1.50 bits per heavy atom. The summed E-state index contributed by atoms with van der Waals surface area (Å²) in [5.41, 5.74) is -0.333. The standard InChI is InChI=1S/C13H15BrO7S3/c1-22(16,17)12-4-5-13(23(2,18)19,24(3,20)21)9-7-11(15)10(14)6-8(9)12/h4,6-7,15H,5H2,1-3H3. The molecule has 2 rings (SSSR count). The van der Waals surface area contributed by atoms with Crippen molar-refractivity contribution in [1.29, 1.82) is 0 Å². The fraction of sp³-hybridized carbons (Fsp3) is 0.385. The molecular formula is C13H15BrO7S3. The summed E-state index contributed by atoms with van der Waals surface area (Å²) in [5.74, 6) is -0.389. The van der Waals surface area contributed by atoms with Crippen molar-refractivity contribution < 1.29 is 30.4 Å². The molecule has 0 bridgehead atoms. The van der Waals surface area contributed by atoms with Gasteiger partial charge in [0.25, 0.3) is 0 Å². The monoisotopic (exact) mass is 458 g/mol. The zero-order valence-electron chi connectivity index (χ0n) is 12.9. The van der Waals surface area contributed by atoms with E-state index in [-0.39, 0.29) is 26.3 Å². The van der Waals surface area contributed by atoms with Crippen LogP contribution in [0.4, 0.5) is 0 Å². The highest BCUT2D eigenvalue weighted by atomic mass is 79.9. The van der Waals surface area contributed by atoms with Gasteiger partial charge in [-0.15, -0.1) is 0 Å². The molecule has 1 N–H and O–H groups in total. The summed E-state index contributed by atoms with van der Waals surface area (Å²) in [4.78, 5) is -0.180. The van der Waals surface area contributed by atoms with E-state index in [1.54, 1.807) is 0 Å². The van der Waals surface area contributed by atoms with E-state index in [1.807, 2.05) is 0 Å². The molecule has 11 heteroatoms. The number of allylic oxidation sites excluding steroid dienone is 1. The highest BCUT2D eigenvalue weighted by Gasteiger charge is 2.55. The predicted molar refractivity (Wildman–Crippen MR) is 94.6 cm³/mol. The highest BCUT2D eigenvalue weighted by Crippen LogP contribution is 2.49. The minimum Gasteiger partial charge on any atom is -0.507 e. The summed E-state index contributed by atoms with van der Waals surface area (Å²) in [6.07, 6.45) is 3.04. The topological polar surface area (TPSA) is 123 Å². The number of halogens is 1. The molecule has 134 valence electrons. The van der Waals surface area contributed by atoms with Gasteiger partial charge in [-0.25, -0.2) is 25.3 Å². The smallest absolute Gasteiger partial charge is 0.201 e. The number of phenolic OH excluding ortho intramolecular Hbond substituents is 1. The molecule has 24 heavy (non-hydrogen) atoms. The van der Waals surface area contributed by atoms with Gasteiger partial charge in [0.15, 0.2) is 29.5 Å². The van der Waals surface area contributed by atoms with Crippen molar-refractivity contribution in [3.8, 4) is 5.75 Å². The average molecular weight is 459 g/mol. The molecule has 0 heterocycles. The van der Waals surface area contributed by atoms with Crippen LogP contribution in [0.15, 0.2) is 22.7 Å². The SMILES string of the molecule is CS(=O)(=O)C1=CCC(S(C)(=O)=O)(S(C)(=O)=O)c2cc(O)c(Br)cc21. The number of aromatic hydroxyl groups is 1. The molecule has 0 aliphatic heterocycles. The fourth-order valence-electron chi connectivity index (χ4n) is 2.86. The van der Waals surface area contributed by atoms with Crippen LogP contribution < -0.4 is 0 Å². The summed E-state index contributed by atoms with van der Waals surface area (Å²) < 4.78 is 71.5. The van der Waals surface area contributed by atoms with E-state index in [0.717, 1.165) is 30.9 Å². The molecule has 0 radical (unpaired) electrons. The van der Waals surface area contributed by atoms with Crippen LogP contribution >= 0.6 is 15.9 Å². The molecular weight excluding hydrogens is 444 g/mol. The van der Waals surface area contributed by atoms with Crippen LogP contribution in [0, 0.1) is 0 Å². The Morgan fingerprint density at radius 3 is 1.92 bits per heavy atom. The predicted octanol–water partition coefficient (Wildman–Crippen LogP) is 1.19. The Bertz CT molecular complexity index is 1030. The molecule has 1 aliphatic rings. The van der Waals surface area contributed by atoms with Gasteiger partial charge in [0.1, 0.15) is 5.75 Å². The number of hydrogen-bond acceptors (Lipinski definition) is 7. The lowest BCUT2D eigenvalue weighted by molar-refractivity contribution is 0.470. The maximum absolute atomic E-state index is 12.4. The number of hydrogen-bond donors (Lipinski definition) is 1. The average Bonchev–Trinajstić information content (AvgIpc) is 2.34. The molecule has 0 saturated carbocycles. The Labute approximate surface area is 149 Å². The summed E-state index contributed by atoms with van der Waals surface area (Å²) in [6.45, 7) is 0. The number of benzene rings is 1. The molecule has 1 aromatic rings. The first-order valence-electron chi connectivity index (χ1n) is 6.45. The summed E-state index contributed by atoms with van der Waals surface area (Å²) in [5, 5.41) is 9.92. The van der Waals surface area contributed by atoms with E-state index >= 15 is 0 Å². The van der Waals surface area contributed by atoms with Crippen LogP contribution in [-0.4, -0.2) is 49.1 Å². The quantitative estimate of drug-likeness (QED) is 0.720. The summed E-state index contributed by atoms with van der Waals surface area (Å²) in [7, 11) is -12.2. The lowest BCUT2D eigenvalue weighted by Crippen LogP contribution is -2.44. The summed E-state index contributed by atoms with van der Waals surface area (Å²) in [6, 6.07) is 2.20. The van der Waals surface area contributed by atoms with Gasteiger partial charge in [-0.3, -0.25) is 0 Å². The molecule has 0 atom stereocenters. The second kappa shape index (κ2) is 5.55. The number of phenols is 1. The molecule has 1 aromatic carbocycles. The second-order valence-electron chi connectivity index (χ2n) is 5.69. The molecule has 0 unspecified atom stereocenters. The third-order valence-corrected chi connectivity index (χ3v) is 10.7. The third kappa shape index (κ3) is 2.80. The van der Waals surface area contributed by atoms with Gasteiger partial charge >= 0.3 is 0 Å². The molecule has 0 aromatic heterocycles. The van der Waals surface area contributed by atoms with E-state index in [1.165, 1.54) is 6.07 Å². The second-order valence-corrected chi connectivity index (χ2v) is 13.3. The minimum atomic E-state index is -4.21. The van der Waals surface area contributed by atoms with Crippen molar-refractivity contribution in [2.24, 2.45) is 0 Å². The van der Waals surface area contributed by atoms with Crippen LogP contribution in [0.2, 0.25) is 0 Å². The van der Waals surface area contributed by atoms with Gasteiger partial charge in [-0.1, -0.05) is 6.08 Å². The minimum absolute atomic E-state index is 0.0655. The van der Waals surface area contributed by atoms with Crippen molar-refractivity contribution in [3.05, 3.63) is 33.8 Å². The van der Waals surface area contributed by atoms with E-state index in [4.69, 9.17) is 0 Å². The van der Waals surface area contributed by atoms with E-state index < -0.39 is 40.0 Å². The van der Waals surface area contributed by atoms with Crippen LogP contribution in [0.3, 0.4) is 0 Å². The maximum atomic E-state index is 12.4. The van der Waals surface area contributed by atoms with Crippen LogP contribution in [0.25, 0.3) is 4.91 Å². The molecule has 0 saturated heterocycles. The lowest BCUT2D eigenvalue weighted by Gasteiger charge is -2.35. The van der Waals surface area contributed by atoms with E-state index in [9.17, 15) is 30.4 Å². The van der Waals surface area contributed by atoms with Crippen molar-refractivity contribution >= 4 is 50.3 Å². The largest absolute Gasteiger partial charge is 0.507 e. The molecule has 0 spiro atoms. The van der Waals surface area contributed by atoms with Gasteiger partial charge in [0.2, 0.25) is 4.08 Å². The highest BCUT2D eigenvalue weighted by molar-refractivity contribution is 9.10. The Kier molecular flexibility index (Phi) is 4.49. The van der Waals surface area contributed by atoms with Gasteiger partial charge in [-0.2, -0.15) is 0 Å². The molecule has 0 fully saturated rings. The normalized spacial score (nSPS) is 17.9. The van der Waals surface area contributed by atoms with Crippen molar-refractivity contribution in [2.75, 3.05) is 18.8 Å². The van der Waals surface area contributed by atoms with Crippen molar-refractivity contribution in [3.63, 3.8) is 0 Å². The van der Waals surface area contributed by atoms with Gasteiger partial charge in [0, 0.05) is 30.8 Å². The molecule has 1 aliphatic carbocycles. The van der Waals surface area contributed by atoms with Crippen LogP contribution in [0.5, 0.6) is 5.75 Å². The van der Waals surface area contributed by atoms with Crippen LogP contribution in [0.1, 0.15) is 17.5 Å². The first kappa shape index (κ1) is 19.4. The zero-order chi connectivity index (χ0) is 18.7. The lowest BCUT2D eigenvalue weighted by atomic mass is 9.95. The Balaban J connectivity index is 3.10. The fourth-order valence-corrected chi connectivity index (χ4v) is 8.26. The number of rotatable bonds is 3. The van der Waals surface area contributed by atoms with Crippen molar-refractivity contribution in [1.82, 2.24) is 0 Å². The first-order chi connectivity index (χ1) is 10.6. The van der Waals surface area contributed by atoms with Gasteiger partial charge in [0.05, 0.1) is 9.38 Å². The van der Waals surface area contributed by atoms with Gasteiger partial charge < -0.3 is 5.11 Å². The van der Waals surface area contributed by atoms with E-state index in [2.05, 4.69) is 15.9 Å². The molecule has 7 nitrogen and oxygen atoms in total. The zero-order valence-corrected chi connectivity index (χ0v) is 17.0. The number of sulfone groups is 3. The Morgan fingerprint density at radius 1 is 1.00 bits per heavy atom. The van der Waals surface area contributed by atoms with Crippen molar-refractivity contribution in [2.45, 2.75) is 10.5 Å². The number of fused-ring (bicyclic) bond motifs is 1. The van der Waals surface area contributed by atoms with E-state index in [0.29, 0.717) is 0 Å².